The molecular weight excluding hydrogens is 162 g/mol. The van der Waals surface area contributed by atoms with Crippen LogP contribution in [0.25, 0.3) is 0 Å². The van der Waals surface area contributed by atoms with E-state index >= 15 is 0 Å². The van der Waals surface area contributed by atoms with Crippen LogP contribution in [0.1, 0.15) is 36.6 Å². The van der Waals surface area contributed by atoms with Crippen LogP contribution in [-0.4, -0.2) is 9.97 Å². The molecule has 0 saturated heterocycles. The smallest absolute Gasteiger partial charge is 0.148 e. The highest BCUT2D eigenvalue weighted by molar-refractivity contribution is 5.23. The molecule has 0 fully saturated rings. The molecule has 0 aliphatic rings. The molecule has 1 heterocycles. The standard InChI is InChI=1S/C10H17N3/c1-6-7(2)12-9(10(4,5)11)13-8(6)3/h11H2,1-5H3. The maximum Gasteiger partial charge on any atom is 0.148 e. The van der Waals surface area contributed by atoms with Crippen LogP contribution in [0.3, 0.4) is 0 Å². The molecule has 0 radical (unpaired) electrons. The van der Waals surface area contributed by atoms with E-state index in [1.807, 2.05) is 34.6 Å². The Bertz CT molecular complexity index is 300. The van der Waals surface area contributed by atoms with Gasteiger partial charge in [0.25, 0.3) is 0 Å². The summed E-state index contributed by atoms with van der Waals surface area (Å²) in [6, 6.07) is 0. The lowest BCUT2D eigenvalue weighted by Crippen LogP contribution is -2.32. The van der Waals surface area contributed by atoms with Gasteiger partial charge in [-0.05, 0) is 40.2 Å². The van der Waals surface area contributed by atoms with Gasteiger partial charge in [-0.25, -0.2) is 9.97 Å². The van der Waals surface area contributed by atoms with Gasteiger partial charge in [-0.15, -0.1) is 0 Å². The summed E-state index contributed by atoms with van der Waals surface area (Å²) in [7, 11) is 0. The highest BCUT2D eigenvalue weighted by atomic mass is 15.0. The lowest BCUT2D eigenvalue weighted by molar-refractivity contribution is 0.509. The van der Waals surface area contributed by atoms with Crippen LogP contribution < -0.4 is 5.73 Å². The van der Waals surface area contributed by atoms with Crippen LogP contribution in [0.15, 0.2) is 0 Å². The molecule has 3 nitrogen and oxygen atoms in total. The molecule has 2 N–H and O–H groups in total. The molecule has 0 aliphatic heterocycles. The van der Waals surface area contributed by atoms with Crippen LogP contribution in [0.2, 0.25) is 0 Å². The third-order valence-electron chi connectivity index (χ3n) is 2.21. The minimum absolute atomic E-state index is 0.455. The Labute approximate surface area is 79.4 Å². The Morgan fingerprint density at radius 2 is 1.38 bits per heavy atom. The van der Waals surface area contributed by atoms with Crippen LogP contribution in [0, 0.1) is 20.8 Å². The molecule has 0 aliphatic carbocycles. The van der Waals surface area contributed by atoms with Gasteiger partial charge in [-0.1, -0.05) is 0 Å². The molecule has 0 spiro atoms. The van der Waals surface area contributed by atoms with Crippen molar-refractivity contribution in [3.8, 4) is 0 Å². The van der Waals surface area contributed by atoms with Crippen LogP contribution in [0.5, 0.6) is 0 Å². The summed E-state index contributed by atoms with van der Waals surface area (Å²) in [5.41, 5.74) is 8.64. The highest BCUT2D eigenvalue weighted by Gasteiger charge is 2.19. The zero-order valence-corrected chi connectivity index (χ0v) is 8.97. The van der Waals surface area contributed by atoms with Gasteiger partial charge < -0.3 is 5.73 Å². The number of aryl methyl sites for hydroxylation is 2. The third kappa shape index (κ3) is 2.04. The van der Waals surface area contributed by atoms with Crippen molar-refractivity contribution in [3.05, 3.63) is 22.8 Å². The van der Waals surface area contributed by atoms with E-state index < -0.39 is 5.54 Å². The topological polar surface area (TPSA) is 51.8 Å². The predicted molar refractivity (Wildman–Crippen MR) is 53.5 cm³/mol. The molecule has 13 heavy (non-hydrogen) atoms. The fourth-order valence-corrected chi connectivity index (χ4v) is 1.06. The fraction of sp³-hybridized carbons (Fsp3) is 0.600. The number of nitrogens with two attached hydrogens (primary N) is 1. The summed E-state index contributed by atoms with van der Waals surface area (Å²) in [5, 5.41) is 0. The average Bonchev–Trinajstić information content (AvgIpc) is 1.97. The second-order valence-corrected chi connectivity index (χ2v) is 4.06. The average molecular weight is 179 g/mol. The SMILES string of the molecule is Cc1nc(C(C)(C)N)nc(C)c1C. The minimum Gasteiger partial charge on any atom is -0.319 e. The first kappa shape index (κ1) is 10.1. The summed E-state index contributed by atoms with van der Waals surface area (Å²) in [6.07, 6.45) is 0. The molecule has 0 unspecified atom stereocenters. The lowest BCUT2D eigenvalue weighted by Gasteiger charge is -2.18. The summed E-state index contributed by atoms with van der Waals surface area (Å²) in [6.45, 7) is 9.82. The zero-order chi connectivity index (χ0) is 10.2. The zero-order valence-electron chi connectivity index (χ0n) is 8.97. The van der Waals surface area contributed by atoms with E-state index in [0.717, 1.165) is 17.0 Å². The van der Waals surface area contributed by atoms with Gasteiger partial charge in [0.2, 0.25) is 0 Å². The second kappa shape index (κ2) is 3.07. The van der Waals surface area contributed by atoms with Crippen molar-refractivity contribution in [2.24, 2.45) is 5.73 Å². The highest BCUT2D eigenvalue weighted by Crippen LogP contribution is 2.15. The van der Waals surface area contributed by atoms with E-state index in [9.17, 15) is 0 Å². The Morgan fingerprint density at radius 3 is 1.69 bits per heavy atom. The van der Waals surface area contributed by atoms with E-state index in [1.54, 1.807) is 0 Å². The molecule has 1 aromatic heterocycles. The molecule has 3 heteroatoms. The lowest BCUT2D eigenvalue weighted by atomic mass is 10.1. The summed E-state index contributed by atoms with van der Waals surface area (Å²) in [4.78, 5) is 8.74. The fourth-order valence-electron chi connectivity index (χ4n) is 1.06. The number of rotatable bonds is 1. The Morgan fingerprint density at radius 1 is 1.00 bits per heavy atom. The van der Waals surface area contributed by atoms with E-state index in [2.05, 4.69) is 9.97 Å². The summed E-state index contributed by atoms with van der Waals surface area (Å²) in [5.74, 6) is 0.716. The van der Waals surface area contributed by atoms with Gasteiger partial charge in [0.1, 0.15) is 5.82 Å². The first-order valence-electron chi connectivity index (χ1n) is 4.43. The quantitative estimate of drug-likeness (QED) is 0.712. The van der Waals surface area contributed by atoms with Crippen molar-refractivity contribution in [2.75, 3.05) is 0 Å². The van der Waals surface area contributed by atoms with Gasteiger partial charge in [0.05, 0.1) is 5.54 Å². The van der Waals surface area contributed by atoms with Gasteiger partial charge in [0, 0.05) is 11.4 Å². The van der Waals surface area contributed by atoms with Gasteiger partial charge >= 0.3 is 0 Å². The van der Waals surface area contributed by atoms with Crippen molar-refractivity contribution >= 4 is 0 Å². The van der Waals surface area contributed by atoms with Crippen LogP contribution >= 0.6 is 0 Å². The molecule has 1 rings (SSSR count). The molecule has 1 aromatic rings. The third-order valence-corrected chi connectivity index (χ3v) is 2.21. The molecule has 0 saturated carbocycles. The number of aromatic nitrogens is 2. The van der Waals surface area contributed by atoms with Crippen LogP contribution in [0.4, 0.5) is 0 Å². The second-order valence-electron chi connectivity index (χ2n) is 4.06. The molecule has 0 atom stereocenters. The Balaban J connectivity index is 3.29. The van der Waals surface area contributed by atoms with E-state index in [0.29, 0.717) is 5.82 Å². The van der Waals surface area contributed by atoms with E-state index in [4.69, 9.17) is 5.73 Å². The molecular formula is C10H17N3. The first-order valence-corrected chi connectivity index (χ1v) is 4.43. The van der Waals surface area contributed by atoms with Crippen molar-refractivity contribution in [1.82, 2.24) is 9.97 Å². The number of hydrogen-bond donors (Lipinski definition) is 1. The van der Waals surface area contributed by atoms with Gasteiger partial charge in [0.15, 0.2) is 0 Å². The maximum absolute atomic E-state index is 5.92. The normalized spacial score (nSPS) is 11.8. The minimum atomic E-state index is -0.455. The summed E-state index contributed by atoms with van der Waals surface area (Å²) < 4.78 is 0. The molecule has 0 bridgehead atoms. The van der Waals surface area contributed by atoms with Crippen molar-refractivity contribution in [2.45, 2.75) is 40.2 Å². The van der Waals surface area contributed by atoms with E-state index in [1.165, 1.54) is 0 Å². The Kier molecular flexibility index (Phi) is 2.39. The molecule has 0 aromatic carbocycles. The molecule has 72 valence electrons. The monoisotopic (exact) mass is 179 g/mol. The number of hydrogen-bond acceptors (Lipinski definition) is 3. The first-order chi connectivity index (χ1) is 5.82. The molecule has 0 amide bonds. The van der Waals surface area contributed by atoms with Gasteiger partial charge in [-0.3, -0.25) is 0 Å². The Hall–Kier alpha value is -0.960. The largest absolute Gasteiger partial charge is 0.319 e. The van der Waals surface area contributed by atoms with Gasteiger partial charge in [-0.2, -0.15) is 0 Å². The van der Waals surface area contributed by atoms with Crippen molar-refractivity contribution < 1.29 is 0 Å². The predicted octanol–water partition coefficient (Wildman–Crippen LogP) is 1.60. The van der Waals surface area contributed by atoms with Crippen LogP contribution in [-0.2, 0) is 5.54 Å². The maximum atomic E-state index is 5.92. The van der Waals surface area contributed by atoms with Crippen molar-refractivity contribution in [1.29, 1.82) is 0 Å². The summed E-state index contributed by atoms with van der Waals surface area (Å²) >= 11 is 0. The number of nitrogens with zero attached hydrogens (tertiary/aromatic N) is 2. The van der Waals surface area contributed by atoms with E-state index in [-0.39, 0.29) is 0 Å². The van der Waals surface area contributed by atoms with Crippen molar-refractivity contribution in [3.63, 3.8) is 0 Å².